The third-order valence-corrected chi connectivity index (χ3v) is 3.55. The number of aromatic nitrogens is 2. The molecule has 2 heterocycles. The van der Waals surface area contributed by atoms with Gasteiger partial charge in [-0.1, -0.05) is 13.8 Å². The summed E-state index contributed by atoms with van der Waals surface area (Å²) in [6, 6.07) is 0. The predicted molar refractivity (Wildman–Crippen MR) is 75.2 cm³/mol. The van der Waals surface area contributed by atoms with Crippen molar-refractivity contribution in [1.82, 2.24) is 9.97 Å². The van der Waals surface area contributed by atoms with E-state index in [9.17, 15) is 18.0 Å². The molecule has 23 heavy (non-hydrogen) atoms. The Hall–Kier alpha value is -2.06. The van der Waals surface area contributed by atoms with Crippen molar-refractivity contribution in [2.75, 3.05) is 24.6 Å². The van der Waals surface area contributed by atoms with Gasteiger partial charge in [-0.3, -0.25) is 9.78 Å². The summed E-state index contributed by atoms with van der Waals surface area (Å²) in [5.41, 5.74) is 0. The van der Waals surface area contributed by atoms with Crippen molar-refractivity contribution in [2.45, 2.75) is 20.0 Å². The van der Waals surface area contributed by atoms with Crippen molar-refractivity contribution >= 4 is 11.8 Å². The van der Waals surface area contributed by atoms with Crippen LogP contribution in [0.3, 0.4) is 0 Å². The van der Waals surface area contributed by atoms with Gasteiger partial charge >= 0.3 is 12.1 Å². The topological polar surface area (TPSA) is 75.5 Å². The summed E-state index contributed by atoms with van der Waals surface area (Å²) in [6.45, 7) is 3.58. The van der Waals surface area contributed by atoms with E-state index in [-0.39, 0.29) is 24.2 Å². The monoisotopic (exact) mass is 333 g/mol. The first-order chi connectivity index (χ1) is 10.7. The van der Waals surface area contributed by atoms with Crippen molar-refractivity contribution < 1.29 is 27.8 Å². The van der Waals surface area contributed by atoms with E-state index in [4.69, 9.17) is 9.84 Å². The molecular formula is C14H18F3N3O3. The van der Waals surface area contributed by atoms with Crippen LogP contribution in [0.5, 0.6) is 5.88 Å². The van der Waals surface area contributed by atoms with Gasteiger partial charge in [0.15, 0.2) is 5.82 Å². The second kappa shape index (κ2) is 6.59. The first kappa shape index (κ1) is 17.3. The molecule has 2 atom stereocenters. The fourth-order valence-corrected chi connectivity index (χ4v) is 2.39. The number of carboxylic acids is 1. The molecule has 6 nitrogen and oxygen atoms in total. The van der Waals surface area contributed by atoms with Crippen molar-refractivity contribution in [3.63, 3.8) is 0 Å². The Balaban J connectivity index is 2.16. The van der Waals surface area contributed by atoms with Gasteiger partial charge in [-0.15, -0.1) is 0 Å². The Morgan fingerprint density at radius 2 is 2.13 bits per heavy atom. The van der Waals surface area contributed by atoms with Crippen molar-refractivity contribution in [3.8, 4) is 5.88 Å². The number of nitrogens with zero attached hydrogens (tertiary/aromatic N) is 3. The molecule has 0 aliphatic carbocycles. The van der Waals surface area contributed by atoms with Gasteiger partial charge < -0.3 is 14.7 Å². The molecule has 1 saturated heterocycles. The highest BCUT2D eigenvalue weighted by Gasteiger charge is 2.52. The minimum atomic E-state index is -4.57. The average Bonchev–Trinajstić information content (AvgIpc) is 2.91. The zero-order valence-electron chi connectivity index (χ0n) is 12.7. The minimum absolute atomic E-state index is 0.184. The lowest BCUT2D eigenvalue weighted by molar-refractivity contribution is -0.187. The Morgan fingerprint density at radius 1 is 1.43 bits per heavy atom. The van der Waals surface area contributed by atoms with Crippen molar-refractivity contribution in [2.24, 2.45) is 17.8 Å². The van der Waals surface area contributed by atoms with Gasteiger partial charge in [0.1, 0.15) is 0 Å². The Morgan fingerprint density at radius 3 is 2.65 bits per heavy atom. The van der Waals surface area contributed by atoms with Crippen molar-refractivity contribution in [3.05, 3.63) is 12.4 Å². The summed E-state index contributed by atoms with van der Waals surface area (Å²) in [6.07, 6.45) is -1.89. The number of halogens is 3. The molecule has 128 valence electrons. The summed E-state index contributed by atoms with van der Waals surface area (Å²) < 4.78 is 44.4. The van der Waals surface area contributed by atoms with Gasteiger partial charge in [0.25, 0.3) is 0 Å². The fourth-order valence-electron chi connectivity index (χ4n) is 2.39. The number of rotatable bonds is 5. The first-order valence-corrected chi connectivity index (χ1v) is 7.17. The van der Waals surface area contributed by atoms with E-state index >= 15 is 0 Å². The highest BCUT2D eigenvalue weighted by Crippen LogP contribution is 2.39. The van der Waals surface area contributed by atoms with Crippen LogP contribution in [0.1, 0.15) is 13.8 Å². The molecule has 0 saturated carbocycles. The molecule has 0 aromatic carbocycles. The van der Waals surface area contributed by atoms with Crippen LogP contribution in [0.15, 0.2) is 12.4 Å². The molecule has 1 aromatic rings. The highest BCUT2D eigenvalue weighted by molar-refractivity contribution is 5.72. The molecule has 1 aromatic heterocycles. The summed E-state index contributed by atoms with van der Waals surface area (Å²) in [5.74, 6) is -4.25. The van der Waals surface area contributed by atoms with Gasteiger partial charge in [-0.05, 0) is 5.92 Å². The summed E-state index contributed by atoms with van der Waals surface area (Å²) in [5, 5.41) is 9.02. The van der Waals surface area contributed by atoms with Gasteiger partial charge in [0.05, 0.1) is 30.8 Å². The van der Waals surface area contributed by atoms with Crippen LogP contribution in [0, 0.1) is 17.8 Å². The molecule has 2 rings (SSSR count). The zero-order chi connectivity index (χ0) is 17.2. The van der Waals surface area contributed by atoms with Crippen LogP contribution in [0.2, 0.25) is 0 Å². The van der Waals surface area contributed by atoms with E-state index in [0.717, 1.165) is 0 Å². The van der Waals surface area contributed by atoms with Gasteiger partial charge in [-0.2, -0.15) is 18.2 Å². The van der Waals surface area contributed by atoms with Crippen LogP contribution in [-0.2, 0) is 4.79 Å². The smallest absolute Gasteiger partial charge is 0.394 e. The number of carboxylic acid groups (broad SMARTS) is 1. The Labute approximate surface area is 131 Å². The normalized spacial score (nSPS) is 21.7. The maximum Gasteiger partial charge on any atom is 0.394 e. The molecule has 0 amide bonds. The highest BCUT2D eigenvalue weighted by atomic mass is 19.4. The average molecular weight is 333 g/mol. The van der Waals surface area contributed by atoms with Gasteiger partial charge in [0, 0.05) is 13.1 Å². The largest absolute Gasteiger partial charge is 0.481 e. The molecule has 1 fully saturated rings. The van der Waals surface area contributed by atoms with Crippen LogP contribution in [0.4, 0.5) is 19.0 Å². The van der Waals surface area contributed by atoms with E-state index in [2.05, 4.69) is 9.97 Å². The third-order valence-electron chi connectivity index (χ3n) is 3.55. The van der Waals surface area contributed by atoms with Gasteiger partial charge in [-0.25, -0.2) is 0 Å². The van der Waals surface area contributed by atoms with Crippen LogP contribution in [0.25, 0.3) is 0 Å². The third kappa shape index (κ3) is 4.23. The molecule has 9 heteroatoms. The molecule has 0 spiro atoms. The SMILES string of the molecule is CC(C)COc1cncc(N2C[C@@H](C(F)(F)F)[C@H](C(=O)O)C2)n1. The van der Waals surface area contributed by atoms with Crippen molar-refractivity contribution in [1.29, 1.82) is 0 Å². The molecule has 1 aliphatic heterocycles. The lowest BCUT2D eigenvalue weighted by Crippen LogP contribution is -2.33. The number of alkyl halides is 3. The first-order valence-electron chi connectivity index (χ1n) is 7.17. The summed E-state index contributed by atoms with van der Waals surface area (Å²) in [4.78, 5) is 20.4. The van der Waals surface area contributed by atoms with E-state index in [1.807, 2.05) is 13.8 Å². The number of hydrogen-bond donors (Lipinski definition) is 1. The quantitative estimate of drug-likeness (QED) is 0.890. The molecular weight excluding hydrogens is 315 g/mol. The molecule has 0 unspecified atom stereocenters. The maximum absolute atomic E-state index is 13.0. The van der Waals surface area contributed by atoms with Gasteiger partial charge in [0.2, 0.25) is 5.88 Å². The molecule has 0 bridgehead atoms. The molecule has 1 N–H and O–H groups in total. The lowest BCUT2D eigenvalue weighted by atomic mass is 9.96. The second-order valence-electron chi connectivity index (χ2n) is 5.92. The Kier molecular flexibility index (Phi) is 4.96. The van der Waals surface area contributed by atoms with Crippen LogP contribution in [-0.4, -0.2) is 46.9 Å². The zero-order valence-corrected chi connectivity index (χ0v) is 12.7. The lowest BCUT2D eigenvalue weighted by Gasteiger charge is -2.19. The van der Waals surface area contributed by atoms with Crippen LogP contribution >= 0.6 is 0 Å². The molecule has 0 radical (unpaired) electrons. The minimum Gasteiger partial charge on any atom is -0.481 e. The fraction of sp³-hybridized carbons (Fsp3) is 0.643. The van der Waals surface area contributed by atoms with E-state index in [1.165, 1.54) is 17.3 Å². The van der Waals surface area contributed by atoms with E-state index < -0.39 is 30.5 Å². The maximum atomic E-state index is 13.0. The van der Waals surface area contributed by atoms with Crippen LogP contribution < -0.4 is 9.64 Å². The number of aliphatic carboxylic acids is 1. The second-order valence-corrected chi connectivity index (χ2v) is 5.92. The summed E-state index contributed by atoms with van der Waals surface area (Å²) in [7, 11) is 0. The van der Waals surface area contributed by atoms with E-state index in [0.29, 0.717) is 6.61 Å². The standard InChI is InChI=1S/C14H18F3N3O3/c1-8(2)7-23-12-4-18-3-11(19-12)20-5-9(13(21)22)10(6-20)14(15,16)17/h3-4,8-10H,5-7H2,1-2H3,(H,21,22)/t9-,10-/m1/s1. The number of anilines is 1. The summed E-state index contributed by atoms with van der Waals surface area (Å²) >= 11 is 0. The Bertz CT molecular complexity index is 566. The number of hydrogen-bond acceptors (Lipinski definition) is 5. The predicted octanol–water partition coefficient (Wildman–Crippen LogP) is 2.21. The number of carbonyl (C=O) groups is 1. The molecule has 1 aliphatic rings. The van der Waals surface area contributed by atoms with E-state index in [1.54, 1.807) is 0 Å². The number of ether oxygens (including phenoxy) is 1.